The van der Waals surface area contributed by atoms with Crippen LogP contribution in [0.25, 0.3) is 11.3 Å². The highest BCUT2D eigenvalue weighted by Crippen LogP contribution is 2.31. The Morgan fingerprint density at radius 3 is 2.73 bits per heavy atom. The van der Waals surface area contributed by atoms with E-state index in [1.807, 2.05) is 12.1 Å². The first-order valence-electron chi connectivity index (χ1n) is 8.14. The van der Waals surface area contributed by atoms with E-state index in [4.69, 9.17) is 11.6 Å². The Morgan fingerprint density at radius 1 is 1.15 bits per heavy atom. The molecule has 1 N–H and O–H groups in total. The van der Waals surface area contributed by atoms with Crippen LogP contribution >= 0.6 is 11.6 Å². The first kappa shape index (κ1) is 16.7. The summed E-state index contributed by atoms with van der Waals surface area (Å²) in [6.45, 7) is 0.428. The molecule has 3 aromatic rings. The maximum absolute atomic E-state index is 13.7. The smallest absolute Gasteiger partial charge is 0.276 e. The van der Waals surface area contributed by atoms with Crippen molar-refractivity contribution in [1.82, 2.24) is 10.2 Å². The first-order valence-corrected chi connectivity index (χ1v) is 8.52. The molecule has 0 unspecified atom stereocenters. The van der Waals surface area contributed by atoms with Crippen LogP contribution < -0.4 is 4.90 Å². The highest BCUT2D eigenvalue weighted by Gasteiger charge is 2.26. The summed E-state index contributed by atoms with van der Waals surface area (Å²) in [7, 11) is 0. The molecule has 1 aliphatic rings. The number of anilines is 1. The van der Waals surface area contributed by atoms with Gasteiger partial charge in [0.05, 0.1) is 16.4 Å². The molecular formula is C19H14ClF2N3O. The number of fused-ring (bicyclic) bond motifs is 1. The fraction of sp³-hybridized carbons (Fsp3) is 0.158. The molecule has 1 aromatic heterocycles. The average molecular weight is 374 g/mol. The quantitative estimate of drug-likeness (QED) is 0.713. The van der Waals surface area contributed by atoms with E-state index < -0.39 is 11.6 Å². The maximum Gasteiger partial charge on any atom is 0.276 e. The molecule has 132 valence electrons. The summed E-state index contributed by atoms with van der Waals surface area (Å²) in [4.78, 5) is 14.3. The number of halogens is 3. The van der Waals surface area contributed by atoms with Crippen LogP contribution in [0.3, 0.4) is 0 Å². The third-order valence-electron chi connectivity index (χ3n) is 4.44. The average Bonchev–Trinajstić information content (AvgIpc) is 3.12. The number of amides is 1. The molecule has 1 amide bonds. The second kappa shape index (κ2) is 6.53. The van der Waals surface area contributed by atoms with Crippen LogP contribution in [0.15, 0.2) is 42.5 Å². The van der Waals surface area contributed by atoms with Crippen LogP contribution in [0.4, 0.5) is 14.5 Å². The van der Waals surface area contributed by atoms with E-state index in [9.17, 15) is 13.6 Å². The molecule has 0 spiro atoms. The van der Waals surface area contributed by atoms with E-state index in [1.165, 1.54) is 4.90 Å². The molecule has 4 rings (SSSR count). The van der Waals surface area contributed by atoms with E-state index in [-0.39, 0.29) is 11.6 Å². The van der Waals surface area contributed by atoms with Gasteiger partial charge in [-0.1, -0.05) is 29.8 Å². The Bertz CT molecular complexity index is 1000. The topological polar surface area (TPSA) is 49.0 Å². The van der Waals surface area contributed by atoms with Crippen molar-refractivity contribution < 1.29 is 13.6 Å². The number of aromatic nitrogens is 2. The zero-order valence-electron chi connectivity index (χ0n) is 13.6. The standard InChI is InChI=1S/C19H14ClF2N3O/c20-13-6-2-1-5-12(13)16-10-17(24-23-16)19(26)25-7-3-4-11-8-14(21)15(22)9-18(11)25/h1-2,5-6,8-10H,3-4,7H2,(H,23,24). The van der Waals surface area contributed by atoms with Crippen LogP contribution in [-0.4, -0.2) is 22.6 Å². The van der Waals surface area contributed by atoms with Gasteiger partial charge >= 0.3 is 0 Å². The van der Waals surface area contributed by atoms with E-state index in [1.54, 1.807) is 18.2 Å². The molecule has 0 saturated carbocycles. The molecule has 0 radical (unpaired) electrons. The number of hydrogen-bond acceptors (Lipinski definition) is 2. The number of carbonyl (C=O) groups is 1. The summed E-state index contributed by atoms with van der Waals surface area (Å²) in [5.74, 6) is -2.21. The van der Waals surface area contributed by atoms with Gasteiger partial charge in [-0.25, -0.2) is 8.78 Å². The number of aromatic amines is 1. The minimum Gasteiger partial charge on any atom is -0.307 e. The summed E-state index contributed by atoms with van der Waals surface area (Å²) in [5.41, 5.74) is 2.53. The van der Waals surface area contributed by atoms with Gasteiger partial charge in [0, 0.05) is 18.2 Å². The fourth-order valence-electron chi connectivity index (χ4n) is 3.17. The van der Waals surface area contributed by atoms with Gasteiger partial charge in [-0.3, -0.25) is 9.89 Å². The van der Waals surface area contributed by atoms with Gasteiger partial charge in [-0.2, -0.15) is 5.10 Å². The number of nitrogens with zero attached hydrogens (tertiary/aromatic N) is 2. The summed E-state index contributed by atoms with van der Waals surface area (Å²) >= 11 is 6.17. The summed E-state index contributed by atoms with van der Waals surface area (Å²) in [6, 6.07) is 11.0. The second-order valence-electron chi connectivity index (χ2n) is 6.10. The lowest BCUT2D eigenvalue weighted by Crippen LogP contribution is -2.36. The van der Waals surface area contributed by atoms with Crippen molar-refractivity contribution in [3.8, 4) is 11.3 Å². The molecule has 26 heavy (non-hydrogen) atoms. The van der Waals surface area contributed by atoms with Gasteiger partial charge in [0.2, 0.25) is 0 Å². The van der Waals surface area contributed by atoms with Crippen LogP contribution in [-0.2, 0) is 6.42 Å². The molecule has 0 fully saturated rings. The molecule has 0 saturated heterocycles. The molecule has 2 aromatic carbocycles. The zero-order chi connectivity index (χ0) is 18.3. The lowest BCUT2D eigenvalue weighted by molar-refractivity contribution is 0.0980. The van der Waals surface area contributed by atoms with Crippen molar-refractivity contribution in [1.29, 1.82) is 0 Å². The molecule has 0 aliphatic carbocycles. The Balaban J connectivity index is 1.68. The van der Waals surface area contributed by atoms with Crippen molar-refractivity contribution in [3.05, 3.63) is 70.4 Å². The monoisotopic (exact) mass is 373 g/mol. The van der Waals surface area contributed by atoms with Crippen LogP contribution in [0, 0.1) is 11.6 Å². The number of hydrogen-bond donors (Lipinski definition) is 1. The van der Waals surface area contributed by atoms with Crippen LogP contribution in [0.2, 0.25) is 5.02 Å². The van der Waals surface area contributed by atoms with Crippen molar-refractivity contribution >= 4 is 23.2 Å². The maximum atomic E-state index is 13.7. The number of rotatable bonds is 2. The highest BCUT2D eigenvalue weighted by molar-refractivity contribution is 6.33. The highest BCUT2D eigenvalue weighted by atomic mass is 35.5. The Morgan fingerprint density at radius 2 is 1.92 bits per heavy atom. The normalized spacial score (nSPS) is 13.6. The molecule has 0 atom stereocenters. The van der Waals surface area contributed by atoms with E-state index in [2.05, 4.69) is 10.2 Å². The van der Waals surface area contributed by atoms with Crippen LogP contribution in [0.1, 0.15) is 22.5 Å². The van der Waals surface area contributed by atoms with E-state index in [0.717, 1.165) is 12.1 Å². The van der Waals surface area contributed by atoms with Crippen molar-refractivity contribution in [2.45, 2.75) is 12.8 Å². The van der Waals surface area contributed by atoms with Gasteiger partial charge in [0.25, 0.3) is 5.91 Å². The number of carbonyl (C=O) groups excluding carboxylic acids is 1. The van der Waals surface area contributed by atoms with Gasteiger partial charge in [0.15, 0.2) is 11.6 Å². The SMILES string of the molecule is O=C(c1cc(-c2ccccc2Cl)n[nH]1)N1CCCc2cc(F)c(F)cc21. The van der Waals surface area contributed by atoms with Gasteiger partial charge in [-0.05, 0) is 36.6 Å². The van der Waals surface area contributed by atoms with Crippen molar-refractivity contribution in [2.24, 2.45) is 0 Å². The molecule has 1 aliphatic heterocycles. The third kappa shape index (κ3) is 2.86. The lowest BCUT2D eigenvalue weighted by atomic mass is 10.0. The van der Waals surface area contributed by atoms with Gasteiger partial charge in [-0.15, -0.1) is 0 Å². The van der Waals surface area contributed by atoms with Gasteiger partial charge < -0.3 is 4.90 Å². The number of H-pyrrole nitrogens is 1. The zero-order valence-corrected chi connectivity index (χ0v) is 14.4. The molecule has 4 nitrogen and oxygen atoms in total. The number of nitrogens with one attached hydrogen (secondary N) is 1. The van der Waals surface area contributed by atoms with Crippen molar-refractivity contribution in [2.75, 3.05) is 11.4 Å². The van der Waals surface area contributed by atoms with E-state index >= 15 is 0 Å². The van der Waals surface area contributed by atoms with E-state index in [0.29, 0.717) is 46.9 Å². The van der Waals surface area contributed by atoms with Gasteiger partial charge in [0.1, 0.15) is 5.69 Å². The van der Waals surface area contributed by atoms with Crippen LogP contribution in [0.5, 0.6) is 0 Å². The minimum atomic E-state index is -0.968. The predicted molar refractivity (Wildman–Crippen MR) is 95.4 cm³/mol. The molecular weight excluding hydrogens is 360 g/mol. The van der Waals surface area contributed by atoms with Crippen molar-refractivity contribution in [3.63, 3.8) is 0 Å². The molecule has 2 heterocycles. The fourth-order valence-corrected chi connectivity index (χ4v) is 3.40. The predicted octanol–water partition coefficient (Wildman–Crippen LogP) is 4.60. The third-order valence-corrected chi connectivity index (χ3v) is 4.77. The Kier molecular flexibility index (Phi) is 4.20. The first-order chi connectivity index (χ1) is 12.5. The Hall–Kier alpha value is -2.73. The summed E-state index contributed by atoms with van der Waals surface area (Å²) in [5, 5.41) is 7.40. The molecule has 0 bridgehead atoms. The summed E-state index contributed by atoms with van der Waals surface area (Å²) in [6.07, 6.45) is 1.28. The molecule has 7 heteroatoms. The number of benzene rings is 2. The lowest BCUT2D eigenvalue weighted by Gasteiger charge is -2.29. The summed E-state index contributed by atoms with van der Waals surface area (Å²) < 4.78 is 27.1. The minimum absolute atomic E-state index is 0.262. The number of aryl methyl sites for hydroxylation is 1. The largest absolute Gasteiger partial charge is 0.307 e. The Labute approximate surface area is 153 Å². The second-order valence-corrected chi connectivity index (χ2v) is 6.51.